The standard InChI is InChI=1S/C25H27NO5S/c1-13(2)31-25(29)22-14(3)26-17-10-16(21-6-5-9-32-21)11-19(28)24(17)23(22)15-7-8-18(27)20(12-15)30-4/h5-9,12-13,16,23,26-27H,10-11H2,1-4H3/t16-,23+/m0/s1. The fourth-order valence-electron chi connectivity index (χ4n) is 4.52. The van der Waals surface area contributed by atoms with Crippen LogP contribution in [0.2, 0.25) is 0 Å². The van der Waals surface area contributed by atoms with Crippen LogP contribution in [0.5, 0.6) is 11.5 Å². The maximum Gasteiger partial charge on any atom is 0.337 e. The fraction of sp³-hybridized carbons (Fsp3) is 0.360. The molecule has 0 radical (unpaired) electrons. The Morgan fingerprint density at radius 2 is 2.03 bits per heavy atom. The van der Waals surface area contributed by atoms with Gasteiger partial charge in [-0.3, -0.25) is 4.79 Å². The second-order valence-corrected chi connectivity index (χ2v) is 9.40. The molecule has 32 heavy (non-hydrogen) atoms. The van der Waals surface area contributed by atoms with Crippen molar-refractivity contribution in [3.05, 3.63) is 68.7 Å². The lowest BCUT2D eigenvalue weighted by Crippen LogP contribution is -2.36. The minimum atomic E-state index is -0.594. The number of carbonyl (C=O) groups is 2. The zero-order valence-electron chi connectivity index (χ0n) is 18.6. The topological polar surface area (TPSA) is 84.9 Å². The summed E-state index contributed by atoms with van der Waals surface area (Å²) in [4.78, 5) is 27.8. The van der Waals surface area contributed by atoms with E-state index in [4.69, 9.17) is 9.47 Å². The molecular weight excluding hydrogens is 426 g/mol. The summed E-state index contributed by atoms with van der Waals surface area (Å²) in [6.07, 6.45) is 0.786. The highest BCUT2D eigenvalue weighted by molar-refractivity contribution is 7.10. The summed E-state index contributed by atoms with van der Waals surface area (Å²) in [5, 5.41) is 15.5. The average Bonchev–Trinajstić information content (AvgIpc) is 3.27. The summed E-state index contributed by atoms with van der Waals surface area (Å²) in [7, 11) is 1.47. The van der Waals surface area contributed by atoms with E-state index in [0.29, 0.717) is 35.2 Å². The number of ketones is 1. The molecule has 0 fully saturated rings. The van der Waals surface area contributed by atoms with Crippen molar-refractivity contribution >= 4 is 23.1 Å². The largest absolute Gasteiger partial charge is 0.504 e. The number of nitrogens with one attached hydrogen (secondary N) is 1. The van der Waals surface area contributed by atoms with Gasteiger partial charge in [-0.2, -0.15) is 0 Å². The first kappa shape index (κ1) is 22.1. The van der Waals surface area contributed by atoms with Crippen LogP contribution in [-0.2, 0) is 14.3 Å². The summed E-state index contributed by atoms with van der Waals surface area (Å²) < 4.78 is 10.8. The van der Waals surface area contributed by atoms with Crippen LogP contribution in [0.3, 0.4) is 0 Å². The first-order valence-electron chi connectivity index (χ1n) is 10.7. The second-order valence-electron chi connectivity index (χ2n) is 8.42. The summed E-state index contributed by atoms with van der Waals surface area (Å²) >= 11 is 1.65. The SMILES string of the molecule is COc1cc([C@@H]2C(C(=O)OC(C)C)=C(C)NC3=C2C(=O)C[C@@H](c2cccs2)C3)ccc1O. The van der Waals surface area contributed by atoms with Gasteiger partial charge in [0.15, 0.2) is 17.3 Å². The fourth-order valence-corrected chi connectivity index (χ4v) is 5.35. The first-order valence-corrected chi connectivity index (χ1v) is 11.5. The number of carbonyl (C=O) groups excluding carboxylic acids is 2. The summed E-state index contributed by atoms with van der Waals surface area (Å²) in [5.74, 6) is -0.640. The van der Waals surface area contributed by atoms with E-state index in [0.717, 1.165) is 5.70 Å². The number of phenols is 1. The molecule has 2 aliphatic rings. The Morgan fingerprint density at radius 1 is 1.25 bits per heavy atom. The van der Waals surface area contributed by atoms with Crippen molar-refractivity contribution in [1.29, 1.82) is 0 Å². The van der Waals surface area contributed by atoms with Gasteiger partial charge in [0.25, 0.3) is 0 Å². The second kappa shape index (κ2) is 8.82. The normalized spacial score (nSPS) is 20.8. The van der Waals surface area contributed by atoms with Crippen molar-refractivity contribution < 1.29 is 24.2 Å². The van der Waals surface area contributed by atoms with Crippen LogP contribution < -0.4 is 10.1 Å². The first-order chi connectivity index (χ1) is 15.3. The van der Waals surface area contributed by atoms with E-state index in [2.05, 4.69) is 11.4 Å². The maximum atomic E-state index is 13.5. The molecule has 168 valence electrons. The summed E-state index contributed by atoms with van der Waals surface area (Å²) in [6.45, 7) is 5.43. The third-order valence-corrected chi connectivity index (χ3v) is 6.91. The van der Waals surface area contributed by atoms with Crippen LogP contribution in [0.1, 0.15) is 55.9 Å². The number of rotatable bonds is 5. The third kappa shape index (κ3) is 4.05. The van der Waals surface area contributed by atoms with Gasteiger partial charge in [-0.25, -0.2) is 4.79 Å². The van der Waals surface area contributed by atoms with Gasteiger partial charge >= 0.3 is 5.97 Å². The van der Waals surface area contributed by atoms with Crippen LogP contribution in [-0.4, -0.2) is 30.1 Å². The maximum absolute atomic E-state index is 13.5. The number of thiophene rings is 1. The van der Waals surface area contributed by atoms with Gasteiger partial charge in [0.2, 0.25) is 0 Å². The molecular formula is C25H27NO5S. The van der Waals surface area contributed by atoms with Gasteiger partial charge in [0, 0.05) is 40.1 Å². The molecule has 0 bridgehead atoms. The molecule has 6 nitrogen and oxygen atoms in total. The van der Waals surface area contributed by atoms with Gasteiger partial charge in [-0.1, -0.05) is 12.1 Å². The lowest BCUT2D eigenvalue weighted by Gasteiger charge is -2.36. The molecule has 2 atom stereocenters. The van der Waals surface area contributed by atoms with Crippen LogP contribution in [0, 0.1) is 0 Å². The molecule has 1 aromatic heterocycles. The van der Waals surface area contributed by atoms with E-state index in [-0.39, 0.29) is 29.3 Å². The van der Waals surface area contributed by atoms with Gasteiger partial charge < -0.3 is 19.9 Å². The Kier molecular flexibility index (Phi) is 6.11. The molecule has 0 spiro atoms. The lowest BCUT2D eigenvalue weighted by molar-refractivity contribution is -0.143. The lowest BCUT2D eigenvalue weighted by atomic mass is 9.72. The predicted molar refractivity (Wildman–Crippen MR) is 123 cm³/mol. The van der Waals surface area contributed by atoms with E-state index in [1.54, 1.807) is 37.3 Å². The van der Waals surface area contributed by atoms with Gasteiger partial charge in [0.05, 0.1) is 18.8 Å². The molecule has 1 aliphatic heterocycles. The number of allylic oxidation sites excluding steroid dienone is 3. The summed E-state index contributed by atoms with van der Waals surface area (Å²) in [6, 6.07) is 9.00. The van der Waals surface area contributed by atoms with Gasteiger partial charge in [0.1, 0.15) is 0 Å². The quantitative estimate of drug-likeness (QED) is 0.634. The zero-order chi connectivity index (χ0) is 23.0. The number of Topliss-reactive ketones (excluding diaryl/α,β-unsaturated/α-hetero) is 1. The molecule has 2 heterocycles. The van der Waals surface area contributed by atoms with Crippen LogP contribution in [0.4, 0.5) is 0 Å². The molecule has 1 aromatic carbocycles. The molecule has 0 saturated heterocycles. The molecule has 4 rings (SSSR count). The monoisotopic (exact) mass is 453 g/mol. The van der Waals surface area contributed by atoms with Crippen molar-refractivity contribution in [3.8, 4) is 11.5 Å². The number of aromatic hydroxyl groups is 1. The summed E-state index contributed by atoms with van der Waals surface area (Å²) in [5.41, 5.74) is 3.22. The van der Waals surface area contributed by atoms with Crippen molar-refractivity contribution in [2.24, 2.45) is 0 Å². The number of ether oxygens (including phenoxy) is 2. The van der Waals surface area contributed by atoms with Gasteiger partial charge in [-0.15, -0.1) is 11.3 Å². The van der Waals surface area contributed by atoms with E-state index in [9.17, 15) is 14.7 Å². The van der Waals surface area contributed by atoms with Crippen molar-refractivity contribution in [2.45, 2.75) is 51.6 Å². The number of methoxy groups -OCH3 is 1. The Morgan fingerprint density at radius 3 is 2.69 bits per heavy atom. The Balaban J connectivity index is 1.83. The molecule has 0 saturated carbocycles. The molecule has 7 heteroatoms. The van der Waals surface area contributed by atoms with E-state index in [1.807, 2.05) is 18.4 Å². The minimum absolute atomic E-state index is 0.000809. The van der Waals surface area contributed by atoms with Crippen molar-refractivity contribution in [3.63, 3.8) is 0 Å². The van der Waals surface area contributed by atoms with Crippen LogP contribution >= 0.6 is 11.3 Å². The number of phenolic OH excluding ortho intramolecular Hbond substituents is 1. The van der Waals surface area contributed by atoms with E-state index >= 15 is 0 Å². The predicted octanol–water partition coefficient (Wildman–Crippen LogP) is 4.78. The Hall–Kier alpha value is -3.06. The highest BCUT2D eigenvalue weighted by atomic mass is 32.1. The Bertz CT molecular complexity index is 1110. The van der Waals surface area contributed by atoms with Gasteiger partial charge in [-0.05, 0) is 56.3 Å². The van der Waals surface area contributed by atoms with Crippen LogP contribution in [0.15, 0.2) is 58.3 Å². The number of esters is 1. The third-order valence-electron chi connectivity index (χ3n) is 5.87. The number of hydrogen-bond donors (Lipinski definition) is 2. The molecule has 0 unspecified atom stereocenters. The van der Waals surface area contributed by atoms with Crippen molar-refractivity contribution in [1.82, 2.24) is 5.32 Å². The van der Waals surface area contributed by atoms with E-state index in [1.165, 1.54) is 18.1 Å². The molecule has 1 aliphatic carbocycles. The van der Waals surface area contributed by atoms with E-state index < -0.39 is 11.9 Å². The number of benzene rings is 1. The van der Waals surface area contributed by atoms with Crippen LogP contribution in [0.25, 0.3) is 0 Å². The van der Waals surface area contributed by atoms with Crippen molar-refractivity contribution in [2.75, 3.05) is 7.11 Å². The molecule has 2 aromatic rings. The number of hydrogen-bond acceptors (Lipinski definition) is 7. The average molecular weight is 454 g/mol. The zero-order valence-corrected chi connectivity index (χ0v) is 19.4. The highest BCUT2D eigenvalue weighted by Gasteiger charge is 2.42. The smallest absolute Gasteiger partial charge is 0.337 e. The highest BCUT2D eigenvalue weighted by Crippen LogP contribution is 2.47. The Labute approximate surface area is 191 Å². The molecule has 0 amide bonds. The molecule has 2 N–H and O–H groups in total. The minimum Gasteiger partial charge on any atom is -0.504 e. The number of dihydropyridines is 1.